The van der Waals surface area contributed by atoms with E-state index in [4.69, 9.17) is 0 Å². The fourth-order valence-electron chi connectivity index (χ4n) is 4.52. The summed E-state index contributed by atoms with van der Waals surface area (Å²) >= 11 is 0. The summed E-state index contributed by atoms with van der Waals surface area (Å²) < 4.78 is 13.1. The van der Waals surface area contributed by atoms with Crippen LogP contribution in [0.25, 0.3) is 0 Å². The lowest BCUT2D eigenvalue weighted by Crippen LogP contribution is -3.19. The molecule has 4 nitrogen and oxygen atoms in total. The molecule has 148 valence electrons. The second kappa shape index (κ2) is 8.31. The molecule has 2 aromatic carbocycles. The van der Waals surface area contributed by atoms with Crippen LogP contribution in [0.5, 0.6) is 0 Å². The number of nitrogens with one attached hydrogen (secondary N) is 2. The molecule has 5 heteroatoms. The van der Waals surface area contributed by atoms with Gasteiger partial charge in [0.05, 0.1) is 32.2 Å². The molecule has 2 aromatic rings. The third kappa shape index (κ3) is 4.04. The summed E-state index contributed by atoms with van der Waals surface area (Å²) in [4.78, 5) is 16.5. The highest BCUT2D eigenvalue weighted by Gasteiger charge is 2.31. The molecule has 0 radical (unpaired) electrons. The summed E-state index contributed by atoms with van der Waals surface area (Å²) in [6.07, 6.45) is 3.25. The summed E-state index contributed by atoms with van der Waals surface area (Å²) in [6, 6.07) is 15.2. The highest BCUT2D eigenvalue weighted by atomic mass is 19.1. The predicted octanol–water partition coefficient (Wildman–Crippen LogP) is 2.11. The smallest absolute Gasteiger partial charge is 0.278 e. The summed E-state index contributed by atoms with van der Waals surface area (Å²) in [5.41, 5.74) is 3.70. The van der Waals surface area contributed by atoms with Crippen LogP contribution in [0.3, 0.4) is 0 Å². The summed E-state index contributed by atoms with van der Waals surface area (Å²) in [5, 5.41) is 3.31. The average Bonchev–Trinajstić information content (AvgIpc) is 2.74. The number of quaternary nitrogens is 1. The second-order valence-electron chi connectivity index (χ2n) is 8.00. The van der Waals surface area contributed by atoms with Gasteiger partial charge in [-0.25, -0.2) is 4.39 Å². The van der Waals surface area contributed by atoms with Crippen LogP contribution in [0.2, 0.25) is 0 Å². The van der Waals surface area contributed by atoms with E-state index in [-0.39, 0.29) is 23.8 Å². The lowest BCUT2D eigenvalue weighted by Gasteiger charge is -2.36. The monoisotopic (exact) mass is 382 g/mol. The number of aryl methyl sites for hydroxylation is 1. The van der Waals surface area contributed by atoms with Crippen LogP contribution in [0, 0.1) is 5.82 Å². The minimum Gasteiger partial charge on any atom is -0.360 e. The lowest BCUT2D eigenvalue weighted by molar-refractivity contribution is -0.914. The molecule has 0 spiro atoms. The van der Waals surface area contributed by atoms with Crippen molar-refractivity contribution < 1.29 is 14.1 Å². The zero-order valence-electron chi connectivity index (χ0n) is 16.5. The van der Waals surface area contributed by atoms with Crippen molar-refractivity contribution in [1.82, 2.24) is 5.32 Å². The number of hydrogen-bond acceptors (Lipinski definition) is 2. The van der Waals surface area contributed by atoms with Crippen LogP contribution >= 0.6 is 0 Å². The van der Waals surface area contributed by atoms with Crippen molar-refractivity contribution in [2.45, 2.75) is 38.3 Å². The fraction of sp³-hybridized carbons (Fsp3) is 0.435. The van der Waals surface area contributed by atoms with E-state index in [9.17, 15) is 9.18 Å². The van der Waals surface area contributed by atoms with Crippen LogP contribution in [0.15, 0.2) is 48.5 Å². The Morgan fingerprint density at radius 1 is 1.14 bits per heavy atom. The van der Waals surface area contributed by atoms with Gasteiger partial charge in [0, 0.05) is 5.69 Å². The van der Waals surface area contributed by atoms with Crippen LogP contribution in [-0.2, 0) is 11.2 Å². The van der Waals surface area contributed by atoms with Gasteiger partial charge in [0.2, 0.25) is 0 Å². The van der Waals surface area contributed by atoms with Crippen molar-refractivity contribution in [2.24, 2.45) is 0 Å². The Morgan fingerprint density at radius 3 is 2.61 bits per heavy atom. The number of rotatable bonds is 4. The number of carbonyl (C=O) groups excluding carboxylic acids is 1. The van der Waals surface area contributed by atoms with Crippen molar-refractivity contribution in [1.29, 1.82) is 0 Å². The number of hydrogen-bond donors (Lipinski definition) is 2. The Hall–Kier alpha value is -2.40. The first kappa shape index (κ1) is 18.9. The Bertz CT molecular complexity index is 815. The van der Waals surface area contributed by atoms with Crippen molar-refractivity contribution in [3.63, 3.8) is 0 Å². The highest BCUT2D eigenvalue weighted by molar-refractivity contribution is 5.80. The molecule has 28 heavy (non-hydrogen) atoms. The minimum absolute atomic E-state index is 0.0653. The molecule has 0 unspecified atom stereocenters. The highest BCUT2D eigenvalue weighted by Crippen LogP contribution is 2.29. The molecule has 0 bridgehead atoms. The van der Waals surface area contributed by atoms with Crippen molar-refractivity contribution in [2.75, 3.05) is 31.1 Å². The fourth-order valence-corrected chi connectivity index (χ4v) is 4.52. The van der Waals surface area contributed by atoms with Crippen molar-refractivity contribution in [3.8, 4) is 0 Å². The molecule has 0 aromatic heterocycles. The normalized spacial score (nSPS) is 21.1. The van der Waals surface area contributed by atoms with E-state index in [2.05, 4.69) is 34.5 Å². The van der Waals surface area contributed by atoms with E-state index < -0.39 is 0 Å². The molecule has 1 aliphatic carbocycles. The Balaban J connectivity index is 1.33. The van der Waals surface area contributed by atoms with Gasteiger partial charge in [-0.2, -0.15) is 0 Å². The van der Waals surface area contributed by atoms with Gasteiger partial charge in [-0.15, -0.1) is 0 Å². The van der Waals surface area contributed by atoms with Gasteiger partial charge >= 0.3 is 0 Å². The number of piperazine rings is 1. The third-order valence-corrected chi connectivity index (χ3v) is 6.29. The number of nitrogens with zero attached hydrogens (tertiary/aromatic N) is 1. The van der Waals surface area contributed by atoms with Gasteiger partial charge < -0.3 is 15.1 Å². The molecule has 4 rings (SSSR count). The van der Waals surface area contributed by atoms with Crippen LogP contribution in [-0.4, -0.2) is 38.1 Å². The first-order valence-electron chi connectivity index (χ1n) is 10.3. The number of benzene rings is 2. The topological polar surface area (TPSA) is 36.8 Å². The Kier molecular flexibility index (Phi) is 5.62. The molecule has 1 aliphatic heterocycles. The first-order valence-corrected chi connectivity index (χ1v) is 10.3. The van der Waals surface area contributed by atoms with Gasteiger partial charge in [-0.1, -0.05) is 24.3 Å². The molecule has 1 amide bonds. The van der Waals surface area contributed by atoms with E-state index >= 15 is 0 Å². The Labute approximate surface area is 166 Å². The number of anilines is 1. The van der Waals surface area contributed by atoms with Gasteiger partial charge in [0.1, 0.15) is 5.82 Å². The minimum atomic E-state index is -0.206. The maximum atomic E-state index is 13.1. The number of halogens is 1. The molecular weight excluding hydrogens is 353 g/mol. The number of carbonyl (C=O) groups is 1. The maximum absolute atomic E-state index is 13.1. The molecule has 1 saturated heterocycles. The van der Waals surface area contributed by atoms with Gasteiger partial charge in [0.15, 0.2) is 6.04 Å². The first-order chi connectivity index (χ1) is 13.6. The average molecular weight is 383 g/mol. The van der Waals surface area contributed by atoms with Crippen molar-refractivity contribution >= 4 is 11.6 Å². The lowest BCUT2D eigenvalue weighted by atomic mass is 9.87. The van der Waals surface area contributed by atoms with E-state index in [1.807, 2.05) is 19.1 Å². The zero-order chi connectivity index (χ0) is 19.5. The zero-order valence-corrected chi connectivity index (χ0v) is 16.5. The number of fused-ring (bicyclic) bond motifs is 1. The quantitative estimate of drug-likeness (QED) is 0.850. The van der Waals surface area contributed by atoms with E-state index in [1.165, 1.54) is 28.2 Å². The molecule has 2 aliphatic rings. The van der Waals surface area contributed by atoms with E-state index in [0.29, 0.717) is 0 Å². The molecule has 2 atom stereocenters. The molecule has 1 heterocycles. The Morgan fingerprint density at radius 2 is 1.86 bits per heavy atom. The SMILES string of the molecule is C[C@H](C(=O)N[C@H]1CCCc2ccccc21)[NH+]1CCN(c2ccc(F)cc2)CC1. The largest absolute Gasteiger partial charge is 0.360 e. The van der Waals surface area contributed by atoms with Gasteiger partial charge in [-0.05, 0) is 61.6 Å². The number of amides is 1. The van der Waals surface area contributed by atoms with Gasteiger partial charge in [0.25, 0.3) is 5.91 Å². The second-order valence-corrected chi connectivity index (χ2v) is 8.00. The van der Waals surface area contributed by atoms with E-state index in [1.54, 1.807) is 0 Å². The third-order valence-electron chi connectivity index (χ3n) is 6.29. The van der Waals surface area contributed by atoms with Gasteiger partial charge in [-0.3, -0.25) is 4.79 Å². The molecule has 1 fully saturated rings. The van der Waals surface area contributed by atoms with Crippen molar-refractivity contribution in [3.05, 3.63) is 65.5 Å². The molecule has 0 saturated carbocycles. The molecule has 2 N–H and O–H groups in total. The standard InChI is InChI=1S/C23H28FN3O/c1-17(23(28)25-22-8-4-6-18-5-2-3-7-21(18)22)26-13-15-27(16-14-26)20-11-9-19(24)10-12-20/h2-3,5,7,9-12,17,22H,4,6,8,13-16H2,1H3,(H,25,28)/p+1/t17-,22+/m1/s1. The van der Waals surface area contributed by atoms with Crippen LogP contribution in [0.4, 0.5) is 10.1 Å². The summed E-state index contributed by atoms with van der Waals surface area (Å²) in [6.45, 7) is 5.61. The molecular formula is C23H29FN3O+. The predicted molar refractivity (Wildman–Crippen MR) is 109 cm³/mol. The van der Waals surface area contributed by atoms with Crippen LogP contribution in [0.1, 0.15) is 36.9 Å². The maximum Gasteiger partial charge on any atom is 0.278 e. The van der Waals surface area contributed by atoms with Crippen LogP contribution < -0.4 is 15.1 Å². The summed E-state index contributed by atoms with van der Waals surface area (Å²) in [7, 11) is 0. The van der Waals surface area contributed by atoms with E-state index in [0.717, 1.165) is 51.1 Å². The summed E-state index contributed by atoms with van der Waals surface area (Å²) in [5.74, 6) is -0.0606.